The molecule has 0 N–H and O–H groups in total. The van der Waals surface area contributed by atoms with Crippen LogP contribution in [0.5, 0.6) is 0 Å². The zero-order valence-electron chi connectivity index (χ0n) is 12.0. The summed E-state index contributed by atoms with van der Waals surface area (Å²) in [6.07, 6.45) is 4.73. The minimum absolute atomic E-state index is 0.0869. The number of anilines is 1. The molecule has 1 aliphatic heterocycles. The maximum atomic E-state index is 12.2. The van der Waals surface area contributed by atoms with Crippen molar-refractivity contribution in [3.63, 3.8) is 0 Å². The molecular formula is C15H18N4O2. The SMILES string of the molecule is CN(CC(=O)N1CCCC1)c1nc2ccccn2c1C=O. The van der Waals surface area contributed by atoms with Crippen LogP contribution in [-0.4, -0.2) is 53.2 Å². The van der Waals surface area contributed by atoms with E-state index in [1.165, 1.54) is 0 Å². The van der Waals surface area contributed by atoms with Gasteiger partial charge in [-0.05, 0) is 25.0 Å². The van der Waals surface area contributed by atoms with Gasteiger partial charge in [-0.2, -0.15) is 0 Å². The zero-order valence-corrected chi connectivity index (χ0v) is 12.0. The lowest BCUT2D eigenvalue weighted by Gasteiger charge is -2.21. The molecular weight excluding hydrogens is 268 g/mol. The second-order valence-corrected chi connectivity index (χ2v) is 5.31. The summed E-state index contributed by atoms with van der Waals surface area (Å²) in [6, 6.07) is 5.56. The number of pyridine rings is 1. The van der Waals surface area contributed by atoms with E-state index in [0.29, 0.717) is 17.2 Å². The highest BCUT2D eigenvalue weighted by Crippen LogP contribution is 2.19. The zero-order chi connectivity index (χ0) is 14.8. The first kappa shape index (κ1) is 13.6. The number of amides is 1. The van der Waals surface area contributed by atoms with Crippen molar-refractivity contribution in [1.29, 1.82) is 0 Å². The molecule has 1 fully saturated rings. The van der Waals surface area contributed by atoms with Crippen LogP contribution in [0, 0.1) is 0 Å². The number of likely N-dealkylation sites (N-methyl/N-ethyl adjacent to an activating group) is 1. The Morgan fingerprint density at radius 2 is 2.14 bits per heavy atom. The summed E-state index contributed by atoms with van der Waals surface area (Å²) in [7, 11) is 1.79. The Labute approximate surface area is 123 Å². The van der Waals surface area contributed by atoms with Crippen molar-refractivity contribution < 1.29 is 9.59 Å². The fourth-order valence-electron chi connectivity index (χ4n) is 2.74. The van der Waals surface area contributed by atoms with Crippen molar-refractivity contribution >= 4 is 23.7 Å². The number of carbonyl (C=O) groups excluding carboxylic acids is 2. The fraction of sp³-hybridized carbons (Fsp3) is 0.400. The van der Waals surface area contributed by atoms with Gasteiger partial charge in [-0.3, -0.25) is 14.0 Å². The minimum atomic E-state index is 0.0869. The van der Waals surface area contributed by atoms with E-state index in [0.717, 1.165) is 32.2 Å². The van der Waals surface area contributed by atoms with Crippen LogP contribution in [0.15, 0.2) is 24.4 Å². The third-order valence-electron chi connectivity index (χ3n) is 3.85. The molecule has 110 valence electrons. The molecule has 0 atom stereocenters. The van der Waals surface area contributed by atoms with Crippen LogP contribution in [0.25, 0.3) is 5.65 Å². The molecule has 21 heavy (non-hydrogen) atoms. The number of hydrogen-bond donors (Lipinski definition) is 0. The van der Waals surface area contributed by atoms with Gasteiger partial charge < -0.3 is 9.80 Å². The average Bonchev–Trinajstić information content (AvgIpc) is 3.14. The van der Waals surface area contributed by atoms with Gasteiger partial charge in [0.2, 0.25) is 5.91 Å². The summed E-state index contributed by atoms with van der Waals surface area (Å²) in [6.45, 7) is 1.90. The Hall–Kier alpha value is -2.37. The van der Waals surface area contributed by atoms with E-state index in [-0.39, 0.29) is 12.5 Å². The number of rotatable bonds is 4. The van der Waals surface area contributed by atoms with Gasteiger partial charge in [0, 0.05) is 26.3 Å². The second kappa shape index (κ2) is 5.55. The van der Waals surface area contributed by atoms with Gasteiger partial charge >= 0.3 is 0 Å². The average molecular weight is 286 g/mol. The molecule has 3 rings (SSSR count). The van der Waals surface area contributed by atoms with Crippen LogP contribution in [0.3, 0.4) is 0 Å². The predicted molar refractivity (Wildman–Crippen MR) is 79.7 cm³/mol. The summed E-state index contributed by atoms with van der Waals surface area (Å²) >= 11 is 0. The molecule has 1 saturated heterocycles. The van der Waals surface area contributed by atoms with Crippen LogP contribution >= 0.6 is 0 Å². The molecule has 1 aliphatic rings. The number of aldehydes is 1. The highest BCUT2D eigenvalue weighted by atomic mass is 16.2. The summed E-state index contributed by atoms with van der Waals surface area (Å²) in [5.74, 6) is 0.632. The Kier molecular flexibility index (Phi) is 3.60. The van der Waals surface area contributed by atoms with Gasteiger partial charge in [0.05, 0.1) is 6.54 Å². The van der Waals surface area contributed by atoms with Crippen LogP contribution < -0.4 is 4.90 Å². The first-order valence-electron chi connectivity index (χ1n) is 7.12. The normalized spacial score (nSPS) is 14.6. The Balaban J connectivity index is 1.85. The minimum Gasteiger partial charge on any atom is -0.348 e. The lowest BCUT2D eigenvalue weighted by atomic mass is 10.4. The summed E-state index contributed by atoms with van der Waals surface area (Å²) in [5.41, 5.74) is 1.18. The Morgan fingerprint density at radius 1 is 1.38 bits per heavy atom. The smallest absolute Gasteiger partial charge is 0.242 e. The second-order valence-electron chi connectivity index (χ2n) is 5.31. The van der Waals surface area contributed by atoms with E-state index in [4.69, 9.17) is 0 Å². The summed E-state index contributed by atoms with van der Waals surface area (Å²) in [5, 5.41) is 0. The van der Waals surface area contributed by atoms with Crippen LogP contribution in [-0.2, 0) is 4.79 Å². The van der Waals surface area contributed by atoms with Crippen molar-refractivity contribution in [2.75, 3.05) is 31.6 Å². The van der Waals surface area contributed by atoms with Crippen molar-refractivity contribution in [2.45, 2.75) is 12.8 Å². The molecule has 0 bridgehead atoms. The quantitative estimate of drug-likeness (QED) is 0.793. The number of carbonyl (C=O) groups is 2. The highest BCUT2D eigenvalue weighted by molar-refractivity contribution is 5.86. The first-order valence-corrected chi connectivity index (χ1v) is 7.12. The lowest BCUT2D eigenvalue weighted by molar-refractivity contribution is -0.128. The Morgan fingerprint density at radius 3 is 2.86 bits per heavy atom. The number of nitrogens with zero attached hydrogens (tertiary/aromatic N) is 4. The maximum Gasteiger partial charge on any atom is 0.242 e. The highest BCUT2D eigenvalue weighted by Gasteiger charge is 2.22. The molecule has 0 saturated carbocycles. The molecule has 0 unspecified atom stereocenters. The maximum absolute atomic E-state index is 12.2. The molecule has 0 aromatic carbocycles. The monoisotopic (exact) mass is 286 g/mol. The molecule has 1 amide bonds. The van der Waals surface area contributed by atoms with E-state index >= 15 is 0 Å². The van der Waals surface area contributed by atoms with Crippen molar-refractivity contribution in [3.05, 3.63) is 30.1 Å². The third kappa shape index (κ3) is 2.49. The molecule has 6 nitrogen and oxygen atoms in total. The largest absolute Gasteiger partial charge is 0.348 e. The van der Waals surface area contributed by atoms with Gasteiger partial charge in [-0.25, -0.2) is 4.98 Å². The molecule has 6 heteroatoms. The van der Waals surface area contributed by atoms with Crippen LogP contribution in [0.2, 0.25) is 0 Å². The Bertz CT molecular complexity index is 673. The first-order chi connectivity index (χ1) is 10.2. The molecule has 0 aliphatic carbocycles. The molecule has 3 heterocycles. The van der Waals surface area contributed by atoms with Gasteiger partial charge in [0.25, 0.3) is 0 Å². The van der Waals surface area contributed by atoms with Gasteiger partial charge in [0.1, 0.15) is 11.3 Å². The topological polar surface area (TPSA) is 57.9 Å². The van der Waals surface area contributed by atoms with E-state index in [1.807, 2.05) is 23.1 Å². The third-order valence-corrected chi connectivity index (χ3v) is 3.85. The molecule has 2 aromatic rings. The fourth-order valence-corrected chi connectivity index (χ4v) is 2.74. The number of imidazole rings is 1. The molecule has 0 radical (unpaired) electrons. The van der Waals surface area contributed by atoms with Gasteiger partial charge in [0.15, 0.2) is 12.1 Å². The van der Waals surface area contributed by atoms with E-state index in [1.54, 1.807) is 22.5 Å². The summed E-state index contributed by atoms with van der Waals surface area (Å²) < 4.78 is 1.74. The van der Waals surface area contributed by atoms with Gasteiger partial charge in [-0.15, -0.1) is 0 Å². The van der Waals surface area contributed by atoms with Crippen molar-refractivity contribution in [3.8, 4) is 0 Å². The number of likely N-dealkylation sites (tertiary alicyclic amines) is 1. The van der Waals surface area contributed by atoms with Gasteiger partial charge in [-0.1, -0.05) is 6.07 Å². The van der Waals surface area contributed by atoms with Crippen molar-refractivity contribution in [2.24, 2.45) is 0 Å². The molecule has 2 aromatic heterocycles. The van der Waals surface area contributed by atoms with Crippen LogP contribution in [0.4, 0.5) is 5.82 Å². The number of aromatic nitrogens is 2. The van der Waals surface area contributed by atoms with E-state index in [2.05, 4.69) is 4.98 Å². The summed E-state index contributed by atoms with van der Waals surface area (Å²) in [4.78, 5) is 31.6. The standard InChI is InChI=1S/C15H18N4O2/c1-17(10-14(21)18-7-4-5-8-18)15-12(11-20)19-9-3-2-6-13(19)16-15/h2-3,6,9,11H,4-5,7-8,10H2,1H3. The van der Waals surface area contributed by atoms with Crippen molar-refractivity contribution in [1.82, 2.24) is 14.3 Å². The predicted octanol–water partition coefficient (Wildman–Crippen LogP) is 1.21. The molecule has 0 spiro atoms. The van der Waals surface area contributed by atoms with E-state index in [9.17, 15) is 9.59 Å². The number of fused-ring (bicyclic) bond motifs is 1. The van der Waals surface area contributed by atoms with Crippen LogP contribution in [0.1, 0.15) is 23.3 Å². The lowest BCUT2D eigenvalue weighted by Crippen LogP contribution is -2.37. The number of hydrogen-bond acceptors (Lipinski definition) is 4. The van der Waals surface area contributed by atoms with E-state index < -0.39 is 0 Å².